The second-order valence-electron chi connectivity index (χ2n) is 8.78. The van der Waals surface area contributed by atoms with Crippen LogP contribution in [0, 0.1) is 11.7 Å². The Balaban J connectivity index is 1.59. The number of nitrogens with zero attached hydrogens (tertiary/aromatic N) is 1. The van der Waals surface area contributed by atoms with Gasteiger partial charge in [-0.15, -0.1) is 0 Å². The van der Waals surface area contributed by atoms with Gasteiger partial charge in [0.25, 0.3) is 5.91 Å². The van der Waals surface area contributed by atoms with Gasteiger partial charge in [-0.1, -0.05) is 43.3 Å². The first-order valence-corrected chi connectivity index (χ1v) is 10.8. The molecule has 3 atom stereocenters. The van der Waals surface area contributed by atoms with Crippen LogP contribution in [0.15, 0.2) is 48.5 Å². The third kappa shape index (κ3) is 5.31. The zero-order valence-corrected chi connectivity index (χ0v) is 18.7. The van der Waals surface area contributed by atoms with Crippen molar-refractivity contribution in [3.05, 3.63) is 71.0 Å². The summed E-state index contributed by atoms with van der Waals surface area (Å²) in [6, 6.07) is 14.9. The van der Waals surface area contributed by atoms with Crippen LogP contribution >= 0.6 is 0 Å². The number of amides is 2. The number of nitrogens with one attached hydrogen (secondary N) is 2. The van der Waals surface area contributed by atoms with E-state index in [9.17, 15) is 14.0 Å². The first-order chi connectivity index (χ1) is 14.8. The lowest BCUT2D eigenvalue weighted by molar-refractivity contribution is -0.122. The van der Waals surface area contributed by atoms with Crippen molar-refractivity contribution in [3.8, 4) is 0 Å². The van der Waals surface area contributed by atoms with Crippen molar-refractivity contribution in [2.45, 2.75) is 38.1 Å². The molecule has 1 saturated carbocycles. The molecular weight excluding hydrogens is 393 g/mol. The standard InChI is InChI=1S/C25H32FN3O2/c1-5-27-23(30)20-12-11-17(14-22(20)26)13-19(29(3)4)16-28-24(31)21-15-25(21,2)18-9-7-6-8-10-18/h6-12,14,19,21H,5,13,15-16H2,1-4H3,(H,27,30)(H,28,31)/t19-,21?,25?/m0/s1. The van der Waals surface area contributed by atoms with Crippen molar-refractivity contribution >= 4 is 11.8 Å². The molecule has 2 unspecified atom stereocenters. The Kier molecular flexibility index (Phi) is 7.11. The second kappa shape index (κ2) is 9.60. The highest BCUT2D eigenvalue weighted by atomic mass is 19.1. The van der Waals surface area contributed by atoms with Gasteiger partial charge in [0.2, 0.25) is 5.91 Å². The maximum Gasteiger partial charge on any atom is 0.254 e. The number of halogens is 1. The summed E-state index contributed by atoms with van der Waals surface area (Å²) in [5, 5.41) is 5.71. The van der Waals surface area contributed by atoms with Gasteiger partial charge in [-0.2, -0.15) is 0 Å². The summed E-state index contributed by atoms with van der Waals surface area (Å²) in [6.45, 7) is 4.86. The van der Waals surface area contributed by atoms with E-state index in [2.05, 4.69) is 29.7 Å². The Labute approximate surface area is 184 Å². The molecule has 0 aromatic heterocycles. The maximum absolute atomic E-state index is 14.4. The Hall–Kier alpha value is -2.73. The predicted octanol–water partition coefficient (Wildman–Crippen LogP) is 3.14. The Morgan fingerprint density at radius 3 is 2.48 bits per heavy atom. The summed E-state index contributed by atoms with van der Waals surface area (Å²) >= 11 is 0. The van der Waals surface area contributed by atoms with Crippen molar-refractivity contribution < 1.29 is 14.0 Å². The molecule has 2 aromatic carbocycles. The molecule has 0 bridgehead atoms. The molecule has 2 N–H and O–H groups in total. The van der Waals surface area contributed by atoms with Gasteiger partial charge >= 0.3 is 0 Å². The fraction of sp³-hybridized carbons (Fsp3) is 0.440. The molecule has 166 valence electrons. The summed E-state index contributed by atoms with van der Waals surface area (Å²) in [5.41, 5.74) is 1.94. The van der Waals surface area contributed by atoms with E-state index in [4.69, 9.17) is 0 Å². The highest BCUT2D eigenvalue weighted by molar-refractivity contribution is 5.94. The first-order valence-electron chi connectivity index (χ1n) is 10.8. The number of rotatable bonds is 9. The summed E-state index contributed by atoms with van der Waals surface area (Å²) in [7, 11) is 3.89. The molecule has 0 heterocycles. The molecule has 2 aromatic rings. The molecule has 0 spiro atoms. The normalized spacial score (nSPS) is 20.9. The van der Waals surface area contributed by atoms with E-state index >= 15 is 0 Å². The minimum atomic E-state index is -0.526. The van der Waals surface area contributed by atoms with Crippen molar-refractivity contribution in [1.82, 2.24) is 15.5 Å². The fourth-order valence-corrected chi connectivity index (χ4v) is 4.06. The lowest BCUT2D eigenvalue weighted by atomic mass is 9.95. The minimum absolute atomic E-state index is 0.0143. The molecule has 5 nitrogen and oxygen atoms in total. The number of hydrogen-bond acceptors (Lipinski definition) is 3. The largest absolute Gasteiger partial charge is 0.354 e. The molecule has 1 aliphatic carbocycles. The molecule has 0 radical (unpaired) electrons. The van der Waals surface area contributed by atoms with Crippen LogP contribution in [-0.4, -0.2) is 49.9 Å². The van der Waals surface area contributed by atoms with Crippen LogP contribution in [0.2, 0.25) is 0 Å². The molecule has 31 heavy (non-hydrogen) atoms. The van der Waals surface area contributed by atoms with E-state index in [1.54, 1.807) is 13.0 Å². The molecule has 1 fully saturated rings. The van der Waals surface area contributed by atoms with Gasteiger partial charge in [0.1, 0.15) is 5.82 Å². The van der Waals surface area contributed by atoms with E-state index in [1.165, 1.54) is 17.7 Å². The first kappa shape index (κ1) is 22.9. The van der Waals surface area contributed by atoms with Gasteiger partial charge in [-0.3, -0.25) is 9.59 Å². The Morgan fingerprint density at radius 1 is 1.16 bits per heavy atom. The highest BCUT2D eigenvalue weighted by Gasteiger charge is 2.55. The number of likely N-dealkylation sites (N-methyl/N-ethyl adjacent to an activating group) is 1. The molecule has 2 amide bonds. The molecular formula is C25H32FN3O2. The van der Waals surface area contributed by atoms with Crippen LogP contribution in [0.5, 0.6) is 0 Å². The van der Waals surface area contributed by atoms with E-state index < -0.39 is 11.7 Å². The fourth-order valence-electron chi connectivity index (χ4n) is 4.06. The Morgan fingerprint density at radius 2 is 1.87 bits per heavy atom. The van der Waals surface area contributed by atoms with Gasteiger partial charge < -0.3 is 15.5 Å². The van der Waals surface area contributed by atoms with Gasteiger partial charge in [-0.25, -0.2) is 4.39 Å². The number of benzene rings is 2. The van der Waals surface area contributed by atoms with Gasteiger partial charge in [0.15, 0.2) is 0 Å². The lowest BCUT2D eigenvalue weighted by Crippen LogP contribution is -2.42. The maximum atomic E-state index is 14.4. The zero-order chi connectivity index (χ0) is 22.6. The van der Waals surface area contributed by atoms with E-state index in [0.717, 1.165) is 12.0 Å². The zero-order valence-electron chi connectivity index (χ0n) is 18.7. The predicted molar refractivity (Wildman–Crippen MR) is 120 cm³/mol. The van der Waals surface area contributed by atoms with E-state index in [1.807, 2.05) is 37.2 Å². The van der Waals surface area contributed by atoms with Crippen LogP contribution in [-0.2, 0) is 16.6 Å². The smallest absolute Gasteiger partial charge is 0.254 e. The van der Waals surface area contributed by atoms with E-state index in [-0.39, 0.29) is 28.8 Å². The summed E-state index contributed by atoms with van der Waals surface area (Å²) in [5.74, 6) is -0.891. The topological polar surface area (TPSA) is 61.4 Å². The van der Waals surface area contributed by atoms with Crippen LogP contribution in [0.25, 0.3) is 0 Å². The van der Waals surface area contributed by atoms with Crippen molar-refractivity contribution in [3.63, 3.8) is 0 Å². The van der Waals surface area contributed by atoms with Crippen LogP contribution in [0.4, 0.5) is 4.39 Å². The molecule has 0 saturated heterocycles. The molecule has 3 rings (SSSR count). The average Bonchev–Trinajstić information content (AvgIpc) is 3.44. The van der Waals surface area contributed by atoms with Crippen molar-refractivity contribution in [2.75, 3.05) is 27.2 Å². The third-order valence-electron chi connectivity index (χ3n) is 6.32. The summed E-state index contributed by atoms with van der Waals surface area (Å²) in [6.07, 6.45) is 1.42. The summed E-state index contributed by atoms with van der Waals surface area (Å²) in [4.78, 5) is 26.7. The van der Waals surface area contributed by atoms with Crippen LogP contribution < -0.4 is 10.6 Å². The van der Waals surface area contributed by atoms with Crippen LogP contribution in [0.1, 0.15) is 41.8 Å². The molecule has 1 aliphatic rings. The second-order valence-corrected chi connectivity index (χ2v) is 8.78. The van der Waals surface area contributed by atoms with E-state index in [0.29, 0.717) is 19.5 Å². The van der Waals surface area contributed by atoms with Gasteiger partial charge in [0, 0.05) is 30.5 Å². The number of hydrogen-bond donors (Lipinski definition) is 2. The minimum Gasteiger partial charge on any atom is -0.354 e. The molecule has 6 heteroatoms. The van der Waals surface area contributed by atoms with Gasteiger partial charge in [0.05, 0.1) is 5.56 Å². The third-order valence-corrected chi connectivity index (χ3v) is 6.32. The molecule has 0 aliphatic heterocycles. The quantitative estimate of drug-likeness (QED) is 0.649. The SMILES string of the molecule is CCNC(=O)c1ccc(C[C@@H](CNC(=O)C2CC2(C)c2ccccc2)N(C)C)cc1F. The van der Waals surface area contributed by atoms with Crippen molar-refractivity contribution in [1.29, 1.82) is 0 Å². The lowest BCUT2D eigenvalue weighted by Gasteiger charge is -2.25. The average molecular weight is 426 g/mol. The summed E-state index contributed by atoms with van der Waals surface area (Å²) < 4.78 is 14.4. The van der Waals surface area contributed by atoms with Crippen molar-refractivity contribution in [2.24, 2.45) is 5.92 Å². The number of carbonyl (C=O) groups is 2. The Bertz CT molecular complexity index is 932. The van der Waals surface area contributed by atoms with Crippen LogP contribution in [0.3, 0.4) is 0 Å². The van der Waals surface area contributed by atoms with Gasteiger partial charge in [-0.05, 0) is 57.1 Å². The highest BCUT2D eigenvalue weighted by Crippen LogP contribution is 2.53. The monoisotopic (exact) mass is 425 g/mol. The number of carbonyl (C=O) groups excluding carboxylic acids is 2.